The molecular formula is C17H14ClFS. The molecule has 0 bridgehead atoms. The first kappa shape index (κ1) is 13.6. The molecule has 1 unspecified atom stereocenters. The van der Waals surface area contributed by atoms with Gasteiger partial charge in [0, 0.05) is 9.58 Å². The van der Waals surface area contributed by atoms with Gasteiger partial charge in [-0.1, -0.05) is 30.3 Å². The highest BCUT2D eigenvalue weighted by molar-refractivity contribution is 7.19. The van der Waals surface area contributed by atoms with Gasteiger partial charge in [0.25, 0.3) is 0 Å². The van der Waals surface area contributed by atoms with Crippen molar-refractivity contribution < 1.29 is 4.39 Å². The minimum atomic E-state index is -0.231. The monoisotopic (exact) mass is 304 g/mol. The van der Waals surface area contributed by atoms with E-state index in [1.807, 2.05) is 24.3 Å². The van der Waals surface area contributed by atoms with Crippen molar-refractivity contribution in [3.63, 3.8) is 0 Å². The van der Waals surface area contributed by atoms with Crippen LogP contribution in [-0.2, 0) is 0 Å². The summed E-state index contributed by atoms with van der Waals surface area (Å²) in [6.07, 6.45) is 0. The maximum absolute atomic E-state index is 13.7. The number of halogens is 2. The maximum Gasteiger partial charge on any atom is 0.129 e. The van der Waals surface area contributed by atoms with E-state index in [0.29, 0.717) is 11.1 Å². The number of alkyl halides is 1. The Morgan fingerprint density at radius 1 is 1.05 bits per heavy atom. The molecule has 0 amide bonds. The Balaban J connectivity index is 2.05. The van der Waals surface area contributed by atoms with Gasteiger partial charge in [0.05, 0.1) is 5.38 Å². The molecular weight excluding hydrogens is 291 g/mol. The van der Waals surface area contributed by atoms with Crippen molar-refractivity contribution in [3.05, 3.63) is 69.8 Å². The van der Waals surface area contributed by atoms with E-state index < -0.39 is 0 Å². The van der Waals surface area contributed by atoms with Crippen LogP contribution in [0.4, 0.5) is 4.39 Å². The zero-order chi connectivity index (χ0) is 14.3. The predicted molar refractivity (Wildman–Crippen MR) is 85.4 cm³/mol. The van der Waals surface area contributed by atoms with Crippen LogP contribution in [0.15, 0.2) is 42.5 Å². The predicted octanol–water partition coefficient (Wildman–Crippen LogP) is 5.99. The van der Waals surface area contributed by atoms with Crippen molar-refractivity contribution in [2.45, 2.75) is 19.2 Å². The van der Waals surface area contributed by atoms with Crippen molar-refractivity contribution in [2.24, 2.45) is 0 Å². The van der Waals surface area contributed by atoms with Crippen molar-refractivity contribution >= 4 is 33.0 Å². The SMILES string of the molecule is Cc1cc(C(Cl)c2cc3ccccc3s2)cc(C)c1F. The minimum absolute atomic E-state index is 0.144. The maximum atomic E-state index is 13.7. The quantitative estimate of drug-likeness (QED) is 0.510. The second kappa shape index (κ2) is 5.19. The van der Waals surface area contributed by atoms with Gasteiger partial charge in [-0.15, -0.1) is 22.9 Å². The molecule has 3 aromatic rings. The molecule has 0 saturated heterocycles. The van der Waals surface area contributed by atoms with E-state index in [1.54, 1.807) is 25.2 Å². The molecule has 0 aliphatic carbocycles. The molecule has 0 aliphatic heterocycles. The van der Waals surface area contributed by atoms with Gasteiger partial charge in [0.2, 0.25) is 0 Å². The highest BCUT2D eigenvalue weighted by atomic mass is 35.5. The van der Waals surface area contributed by atoms with Crippen molar-refractivity contribution in [2.75, 3.05) is 0 Å². The lowest BCUT2D eigenvalue weighted by Crippen LogP contribution is -1.96. The van der Waals surface area contributed by atoms with Crippen LogP contribution in [0.1, 0.15) is 26.9 Å². The van der Waals surface area contributed by atoms with Crippen LogP contribution in [0.2, 0.25) is 0 Å². The Bertz CT molecular complexity index is 720. The average Bonchev–Trinajstić information content (AvgIpc) is 2.87. The zero-order valence-electron chi connectivity index (χ0n) is 11.3. The highest BCUT2D eigenvalue weighted by Gasteiger charge is 2.16. The number of fused-ring (bicyclic) bond motifs is 1. The van der Waals surface area contributed by atoms with Gasteiger partial charge in [-0.3, -0.25) is 0 Å². The van der Waals surface area contributed by atoms with Crippen LogP contribution < -0.4 is 0 Å². The Morgan fingerprint density at radius 2 is 1.70 bits per heavy atom. The van der Waals surface area contributed by atoms with E-state index in [4.69, 9.17) is 11.6 Å². The highest BCUT2D eigenvalue weighted by Crippen LogP contribution is 2.37. The molecule has 0 nitrogen and oxygen atoms in total. The molecule has 102 valence electrons. The van der Waals surface area contributed by atoms with Crippen LogP contribution in [0.3, 0.4) is 0 Å². The summed E-state index contributed by atoms with van der Waals surface area (Å²) in [5, 5.41) is 0.971. The van der Waals surface area contributed by atoms with Crippen molar-refractivity contribution in [1.82, 2.24) is 0 Å². The van der Waals surface area contributed by atoms with Gasteiger partial charge in [-0.25, -0.2) is 4.39 Å². The van der Waals surface area contributed by atoms with Crippen LogP contribution >= 0.6 is 22.9 Å². The van der Waals surface area contributed by atoms with Crippen molar-refractivity contribution in [1.29, 1.82) is 0 Å². The molecule has 3 rings (SSSR count). The lowest BCUT2D eigenvalue weighted by Gasteiger charge is -2.11. The fourth-order valence-electron chi connectivity index (χ4n) is 2.42. The van der Waals surface area contributed by atoms with Crippen LogP contribution in [0, 0.1) is 19.7 Å². The zero-order valence-corrected chi connectivity index (χ0v) is 12.9. The molecule has 0 radical (unpaired) electrons. The molecule has 0 aliphatic rings. The second-order valence-electron chi connectivity index (χ2n) is 5.02. The topological polar surface area (TPSA) is 0 Å². The van der Waals surface area contributed by atoms with Gasteiger partial charge < -0.3 is 0 Å². The first-order valence-corrected chi connectivity index (χ1v) is 7.71. The van der Waals surface area contributed by atoms with E-state index in [9.17, 15) is 4.39 Å². The molecule has 1 heterocycles. The Kier molecular flexibility index (Phi) is 3.53. The van der Waals surface area contributed by atoms with Crippen molar-refractivity contribution in [3.8, 4) is 0 Å². The summed E-state index contributed by atoms with van der Waals surface area (Å²) in [7, 11) is 0. The summed E-state index contributed by atoms with van der Waals surface area (Å²) in [5.41, 5.74) is 2.24. The lowest BCUT2D eigenvalue weighted by atomic mass is 10.0. The standard InChI is InChI=1S/C17H14ClFS/c1-10-7-13(8-11(2)17(10)19)16(18)15-9-12-5-3-4-6-14(12)20-15/h3-9,16H,1-2H3. The fourth-order valence-corrected chi connectivity index (χ4v) is 3.81. The van der Waals surface area contributed by atoms with Gasteiger partial charge >= 0.3 is 0 Å². The molecule has 0 saturated carbocycles. The molecule has 0 N–H and O–H groups in total. The van der Waals surface area contributed by atoms with Gasteiger partial charge in [0.1, 0.15) is 5.82 Å². The number of hydrogen-bond acceptors (Lipinski definition) is 1. The van der Waals surface area contributed by atoms with Gasteiger partial charge in [0.15, 0.2) is 0 Å². The van der Waals surface area contributed by atoms with Crippen LogP contribution in [0.5, 0.6) is 0 Å². The number of rotatable bonds is 2. The molecule has 1 aromatic heterocycles. The molecule has 2 aromatic carbocycles. The number of thiophene rings is 1. The third-order valence-electron chi connectivity index (χ3n) is 3.45. The van der Waals surface area contributed by atoms with Crippen LogP contribution in [-0.4, -0.2) is 0 Å². The first-order valence-electron chi connectivity index (χ1n) is 6.45. The van der Waals surface area contributed by atoms with E-state index >= 15 is 0 Å². The van der Waals surface area contributed by atoms with Gasteiger partial charge in [-0.05, 0) is 48.1 Å². The summed E-state index contributed by atoms with van der Waals surface area (Å²) in [6.45, 7) is 3.56. The molecule has 3 heteroatoms. The first-order chi connectivity index (χ1) is 9.56. The summed E-state index contributed by atoms with van der Waals surface area (Å²) >= 11 is 8.28. The summed E-state index contributed by atoms with van der Waals surface area (Å²) in [6, 6.07) is 14.0. The lowest BCUT2D eigenvalue weighted by molar-refractivity contribution is 0.608. The average molecular weight is 305 g/mol. The second-order valence-corrected chi connectivity index (χ2v) is 6.57. The van der Waals surface area contributed by atoms with Gasteiger partial charge in [-0.2, -0.15) is 0 Å². The summed E-state index contributed by atoms with van der Waals surface area (Å²) in [5.74, 6) is -0.144. The van der Waals surface area contributed by atoms with E-state index in [-0.39, 0.29) is 11.2 Å². The number of aryl methyl sites for hydroxylation is 2. The third-order valence-corrected chi connectivity index (χ3v) is 5.24. The molecule has 0 fully saturated rings. The fraction of sp³-hybridized carbons (Fsp3) is 0.176. The van der Waals surface area contributed by atoms with E-state index in [2.05, 4.69) is 18.2 Å². The smallest absolute Gasteiger partial charge is 0.129 e. The minimum Gasteiger partial charge on any atom is -0.206 e. The Hall–Kier alpha value is -1.38. The van der Waals surface area contributed by atoms with E-state index in [1.165, 1.54) is 10.1 Å². The molecule has 1 atom stereocenters. The normalized spacial score (nSPS) is 12.8. The third kappa shape index (κ3) is 2.34. The largest absolute Gasteiger partial charge is 0.206 e. The molecule has 0 spiro atoms. The Labute approximate surface area is 126 Å². The molecule has 20 heavy (non-hydrogen) atoms. The Morgan fingerprint density at radius 3 is 2.35 bits per heavy atom. The number of benzene rings is 2. The van der Waals surface area contributed by atoms with E-state index in [0.717, 1.165) is 10.4 Å². The van der Waals surface area contributed by atoms with Crippen LogP contribution in [0.25, 0.3) is 10.1 Å². The summed E-state index contributed by atoms with van der Waals surface area (Å²) < 4.78 is 14.9. The summed E-state index contributed by atoms with van der Waals surface area (Å²) in [4.78, 5) is 1.10. The number of hydrogen-bond donors (Lipinski definition) is 0.